The van der Waals surface area contributed by atoms with E-state index in [1.165, 1.54) is 0 Å². The van der Waals surface area contributed by atoms with Gasteiger partial charge in [-0.3, -0.25) is 4.79 Å². The van der Waals surface area contributed by atoms with E-state index in [-0.39, 0.29) is 12.5 Å². The molecule has 0 radical (unpaired) electrons. The number of aliphatic hydroxyl groups excluding tert-OH is 1. The lowest BCUT2D eigenvalue weighted by Gasteiger charge is -2.23. The van der Waals surface area contributed by atoms with Crippen molar-refractivity contribution in [3.63, 3.8) is 0 Å². The van der Waals surface area contributed by atoms with Crippen LogP contribution in [0, 0.1) is 5.92 Å². The maximum atomic E-state index is 11.8. The van der Waals surface area contributed by atoms with Gasteiger partial charge in [0.1, 0.15) is 6.04 Å². The molecule has 1 fully saturated rings. The lowest BCUT2D eigenvalue weighted by molar-refractivity contribution is -0.133. The van der Waals surface area contributed by atoms with Crippen LogP contribution in [0.1, 0.15) is 20.3 Å². The normalized spacial score (nSPS) is 29.1. The Hall–Kier alpha value is -0.610. The van der Waals surface area contributed by atoms with Crippen molar-refractivity contribution in [2.75, 3.05) is 26.2 Å². The van der Waals surface area contributed by atoms with Crippen molar-refractivity contribution in [3.05, 3.63) is 0 Å². The summed E-state index contributed by atoms with van der Waals surface area (Å²) in [6, 6.07) is -0.397. The van der Waals surface area contributed by atoms with E-state index in [0.717, 1.165) is 26.1 Å². The van der Waals surface area contributed by atoms with E-state index >= 15 is 0 Å². The highest BCUT2D eigenvalue weighted by Gasteiger charge is 2.27. The molecule has 0 spiro atoms. The number of carbonyl (C=O) groups is 1. The van der Waals surface area contributed by atoms with Crippen molar-refractivity contribution >= 4 is 5.91 Å². The number of nitrogens with one attached hydrogen (secondary N) is 1. The van der Waals surface area contributed by atoms with Crippen molar-refractivity contribution in [3.8, 4) is 0 Å². The standard InChI is InChI=1S/C10H20N2O2/c1-3-4-12-6-8(2)5-11-9(7-13)10(12)14/h8-9,11,13H,3-7H2,1-2H3. The Kier molecular flexibility index (Phi) is 4.35. The number of nitrogens with zero attached hydrogens (tertiary/aromatic N) is 1. The first-order chi connectivity index (χ1) is 6.69. The Morgan fingerprint density at radius 1 is 1.64 bits per heavy atom. The van der Waals surface area contributed by atoms with Crippen LogP contribution in [0.3, 0.4) is 0 Å². The number of aliphatic hydroxyl groups is 1. The molecule has 0 aromatic heterocycles. The summed E-state index contributed by atoms with van der Waals surface area (Å²) >= 11 is 0. The zero-order valence-corrected chi connectivity index (χ0v) is 8.99. The van der Waals surface area contributed by atoms with Crippen LogP contribution in [0.2, 0.25) is 0 Å². The van der Waals surface area contributed by atoms with Gasteiger partial charge in [-0.05, 0) is 12.3 Å². The van der Waals surface area contributed by atoms with E-state index in [0.29, 0.717) is 5.92 Å². The van der Waals surface area contributed by atoms with Crippen LogP contribution < -0.4 is 5.32 Å². The minimum Gasteiger partial charge on any atom is -0.394 e. The summed E-state index contributed by atoms with van der Waals surface area (Å²) in [5, 5.41) is 12.1. The number of amides is 1. The molecule has 2 unspecified atom stereocenters. The first kappa shape index (κ1) is 11.5. The molecule has 1 aliphatic heterocycles. The molecule has 0 aliphatic carbocycles. The smallest absolute Gasteiger partial charge is 0.242 e. The topological polar surface area (TPSA) is 52.6 Å². The van der Waals surface area contributed by atoms with Crippen LogP contribution in [0.25, 0.3) is 0 Å². The van der Waals surface area contributed by atoms with Crippen LogP contribution >= 0.6 is 0 Å². The molecule has 4 heteroatoms. The third-order valence-electron chi connectivity index (χ3n) is 2.53. The van der Waals surface area contributed by atoms with E-state index < -0.39 is 6.04 Å². The van der Waals surface area contributed by atoms with Gasteiger partial charge in [0.2, 0.25) is 5.91 Å². The summed E-state index contributed by atoms with van der Waals surface area (Å²) in [6.07, 6.45) is 0.969. The van der Waals surface area contributed by atoms with E-state index in [2.05, 4.69) is 19.2 Å². The van der Waals surface area contributed by atoms with Gasteiger partial charge in [-0.1, -0.05) is 13.8 Å². The minimum atomic E-state index is -0.397. The molecule has 1 rings (SSSR count). The predicted octanol–water partition coefficient (Wildman–Crippen LogP) is -0.175. The summed E-state index contributed by atoms with van der Waals surface area (Å²) in [6.45, 7) is 6.47. The Bertz CT molecular complexity index is 197. The molecular formula is C10H20N2O2. The Morgan fingerprint density at radius 2 is 2.36 bits per heavy atom. The number of carbonyl (C=O) groups excluding carboxylic acids is 1. The van der Waals surface area contributed by atoms with Crippen LogP contribution in [0.5, 0.6) is 0 Å². The van der Waals surface area contributed by atoms with Gasteiger partial charge in [-0.2, -0.15) is 0 Å². The lowest BCUT2D eigenvalue weighted by Crippen LogP contribution is -2.45. The van der Waals surface area contributed by atoms with Crippen molar-refractivity contribution < 1.29 is 9.90 Å². The monoisotopic (exact) mass is 200 g/mol. The molecule has 14 heavy (non-hydrogen) atoms. The van der Waals surface area contributed by atoms with E-state index in [9.17, 15) is 4.79 Å². The molecule has 82 valence electrons. The molecule has 2 atom stereocenters. The summed E-state index contributed by atoms with van der Waals surface area (Å²) in [7, 11) is 0. The average molecular weight is 200 g/mol. The van der Waals surface area contributed by atoms with Crippen molar-refractivity contribution in [2.24, 2.45) is 5.92 Å². The molecule has 1 amide bonds. The molecule has 0 saturated carbocycles. The lowest BCUT2D eigenvalue weighted by atomic mass is 10.2. The molecular weight excluding hydrogens is 180 g/mol. The first-order valence-electron chi connectivity index (χ1n) is 5.32. The molecule has 0 aromatic carbocycles. The Balaban J connectivity index is 2.65. The van der Waals surface area contributed by atoms with Gasteiger partial charge in [-0.15, -0.1) is 0 Å². The molecule has 2 N–H and O–H groups in total. The van der Waals surface area contributed by atoms with Crippen LogP contribution in [-0.4, -0.2) is 48.2 Å². The maximum Gasteiger partial charge on any atom is 0.242 e. The van der Waals surface area contributed by atoms with Crippen molar-refractivity contribution in [1.82, 2.24) is 10.2 Å². The summed E-state index contributed by atoms with van der Waals surface area (Å²) in [5.41, 5.74) is 0. The van der Waals surface area contributed by atoms with Gasteiger partial charge < -0.3 is 15.3 Å². The number of hydrogen-bond acceptors (Lipinski definition) is 3. The van der Waals surface area contributed by atoms with Crippen LogP contribution in [-0.2, 0) is 4.79 Å². The van der Waals surface area contributed by atoms with Gasteiger partial charge in [0.05, 0.1) is 6.61 Å². The molecule has 1 saturated heterocycles. The SMILES string of the molecule is CCCN1CC(C)CNC(CO)C1=O. The van der Waals surface area contributed by atoms with E-state index in [4.69, 9.17) is 5.11 Å². The maximum absolute atomic E-state index is 11.8. The van der Waals surface area contributed by atoms with Gasteiger partial charge in [-0.25, -0.2) is 0 Å². The van der Waals surface area contributed by atoms with Gasteiger partial charge in [0, 0.05) is 19.6 Å². The van der Waals surface area contributed by atoms with Crippen LogP contribution in [0.15, 0.2) is 0 Å². The molecule has 1 heterocycles. The fourth-order valence-electron chi connectivity index (χ4n) is 1.80. The fourth-order valence-corrected chi connectivity index (χ4v) is 1.80. The highest BCUT2D eigenvalue weighted by Crippen LogP contribution is 2.07. The third kappa shape index (κ3) is 2.69. The predicted molar refractivity (Wildman–Crippen MR) is 54.9 cm³/mol. The third-order valence-corrected chi connectivity index (χ3v) is 2.53. The molecule has 0 bridgehead atoms. The van der Waals surface area contributed by atoms with Crippen LogP contribution in [0.4, 0.5) is 0 Å². The minimum absolute atomic E-state index is 0.0405. The Labute approximate surface area is 85.3 Å². The van der Waals surface area contributed by atoms with E-state index in [1.54, 1.807) is 0 Å². The average Bonchev–Trinajstić information content (AvgIpc) is 2.29. The first-order valence-corrected chi connectivity index (χ1v) is 5.32. The van der Waals surface area contributed by atoms with E-state index in [1.807, 2.05) is 4.90 Å². The number of rotatable bonds is 3. The summed E-state index contributed by atoms with van der Waals surface area (Å²) in [4.78, 5) is 13.7. The molecule has 1 aliphatic rings. The number of hydrogen-bond donors (Lipinski definition) is 2. The highest BCUT2D eigenvalue weighted by molar-refractivity contribution is 5.82. The second-order valence-electron chi connectivity index (χ2n) is 4.03. The molecule has 4 nitrogen and oxygen atoms in total. The van der Waals surface area contributed by atoms with Gasteiger partial charge >= 0.3 is 0 Å². The second kappa shape index (κ2) is 5.32. The van der Waals surface area contributed by atoms with Gasteiger partial charge in [0.25, 0.3) is 0 Å². The quantitative estimate of drug-likeness (QED) is 0.665. The highest BCUT2D eigenvalue weighted by atomic mass is 16.3. The fraction of sp³-hybridized carbons (Fsp3) is 0.900. The zero-order valence-electron chi connectivity index (χ0n) is 8.99. The van der Waals surface area contributed by atoms with Crippen molar-refractivity contribution in [2.45, 2.75) is 26.3 Å². The Morgan fingerprint density at radius 3 is 2.93 bits per heavy atom. The summed E-state index contributed by atoms with van der Waals surface area (Å²) < 4.78 is 0. The van der Waals surface area contributed by atoms with Crippen molar-refractivity contribution in [1.29, 1.82) is 0 Å². The molecule has 0 aromatic rings. The summed E-state index contributed by atoms with van der Waals surface area (Å²) in [5.74, 6) is 0.501. The van der Waals surface area contributed by atoms with Gasteiger partial charge in [0.15, 0.2) is 0 Å². The zero-order chi connectivity index (χ0) is 10.6. The second-order valence-corrected chi connectivity index (χ2v) is 4.03. The largest absolute Gasteiger partial charge is 0.394 e.